The van der Waals surface area contributed by atoms with Gasteiger partial charge >= 0.3 is 12.7 Å². The Kier molecular flexibility index (Phi) is 7.09. The molecule has 0 bridgehead atoms. The van der Waals surface area contributed by atoms with Crippen molar-refractivity contribution in [1.29, 1.82) is 10.5 Å². The highest BCUT2D eigenvalue weighted by Gasteiger charge is 2.41. The van der Waals surface area contributed by atoms with Gasteiger partial charge in [0, 0.05) is 29.1 Å². The van der Waals surface area contributed by atoms with Gasteiger partial charge in [0.2, 0.25) is 0 Å². The fraction of sp³-hybridized carbons (Fsp3) is 0.118. The van der Waals surface area contributed by atoms with Crippen LogP contribution in [0.3, 0.4) is 0 Å². The fourth-order valence-corrected chi connectivity index (χ4v) is 5.85. The van der Waals surface area contributed by atoms with Gasteiger partial charge in [0.1, 0.15) is 17.4 Å². The smallest absolute Gasteiger partial charge is 0.405 e. The Labute approximate surface area is 266 Å². The molecule has 0 aliphatic heterocycles. The summed E-state index contributed by atoms with van der Waals surface area (Å²) < 4.78 is 91.3. The maximum absolute atomic E-state index is 13.8. The summed E-state index contributed by atoms with van der Waals surface area (Å²) in [5.74, 6) is -4.52. The molecule has 48 heavy (non-hydrogen) atoms. The number of rotatable bonds is 5. The molecule has 6 aromatic rings. The lowest BCUT2D eigenvalue weighted by molar-refractivity contribution is -0.275. The van der Waals surface area contributed by atoms with Gasteiger partial charge in [0.05, 0.1) is 34.3 Å². The first-order valence-corrected chi connectivity index (χ1v) is 14.0. The van der Waals surface area contributed by atoms with E-state index in [-0.39, 0.29) is 45.0 Å². The van der Waals surface area contributed by atoms with Crippen molar-refractivity contribution in [2.24, 2.45) is 5.92 Å². The number of aromatic nitrogens is 4. The zero-order valence-corrected chi connectivity index (χ0v) is 24.0. The average Bonchev–Trinajstić information content (AvgIpc) is 3.34. The summed E-state index contributed by atoms with van der Waals surface area (Å²) in [7, 11) is 0. The second-order valence-electron chi connectivity index (χ2n) is 10.7. The average molecular weight is 655 g/mol. The van der Waals surface area contributed by atoms with Gasteiger partial charge in [-0.05, 0) is 58.7 Å². The highest BCUT2D eigenvalue weighted by atomic mass is 19.4. The molecule has 0 amide bonds. The molecule has 0 saturated heterocycles. The molecule has 236 valence electrons. The fourth-order valence-electron chi connectivity index (χ4n) is 5.85. The molecule has 0 fully saturated rings. The van der Waals surface area contributed by atoms with Crippen LogP contribution in [0.1, 0.15) is 17.0 Å². The number of benzene rings is 4. The van der Waals surface area contributed by atoms with E-state index < -0.39 is 36.1 Å². The van der Waals surface area contributed by atoms with Crippen LogP contribution >= 0.6 is 0 Å². The first-order valence-electron chi connectivity index (χ1n) is 14.0. The molecular formula is C34H16F6N6O2. The topological polar surface area (TPSA) is 118 Å². The van der Waals surface area contributed by atoms with Gasteiger partial charge in [-0.15, -0.1) is 26.3 Å². The van der Waals surface area contributed by atoms with E-state index in [0.717, 1.165) is 12.1 Å². The third kappa shape index (κ3) is 5.54. The van der Waals surface area contributed by atoms with Gasteiger partial charge in [-0.1, -0.05) is 36.4 Å². The number of alkyl halides is 6. The number of fused-ring (bicyclic) bond motifs is 5. The van der Waals surface area contributed by atoms with Gasteiger partial charge < -0.3 is 9.47 Å². The Morgan fingerprint density at radius 1 is 0.604 bits per heavy atom. The Bertz CT molecular complexity index is 2180. The van der Waals surface area contributed by atoms with E-state index in [1.54, 1.807) is 48.5 Å². The molecular weight excluding hydrogens is 638 g/mol. The van der Waals surface area contributed by atoms with Gasteiger partial charge in [-0.2, -0.15) is 10.5 Å². The van der Waals surface area contributed by atoms with E-state index in [9.17, 15) is 36.9 Å². The van der Waals surface area contributed by atoms with Crippen molar-refractivity contribution in [3.63, 3.8) is 0 Å². The van der Waals surface area contributed by atoms with Gasteiger partial charge in [0.15, 0.2) is 11.6 Å². The van der Waals surface area contributed by atoms with E-state index in [4.69, 9.17) is 0 Å². The lowest BCUT2D eigenvalue weighted by Crippen LogP contribution is -2.18. The Morgan fingerprint density at radius 3 is 1.42 bits per heavy atom. The molecule has 14 heteroatoms. The summed E-state index contributed by atoms with van der Waals surface area (Å²) in [6.07, 6.45) is -7.48. The Balaban J connectivity index is 1.52. The number of halogens is 6. The predicted octanol–water partition coefficient (Wildman–Crippen LogP) is 8.48. The Morgan fingerprint density at radius 2 is 1.02 bits per heavy atom. The van der Waals surface area contributed by atoms with Crippen LogP contribution < -0.4 is 9.47 Å². The van der Waals surface area contributed by atoms with Crippen LogP contribution in [-0.4, -0.2) is 32.7 Å². The molecule has 1 aliphatic rings. The van der Waals surface area contributed by atoms with Crippen LogP contribution in [-0.2, 0) is 0 Å². The Hall–Kier alpha value is -6.28. The lowest BCUT2D eigenvalue weighted by Gasteiger charge is -2.19. The molecule has 7 rings (SSSR count). The zero-order chi connectivity index (χ0) is 33.8. The van der Waals surface area contributed by atoms with Crippen molar-refractivity contribution >= 4 is 21.8 Å². The maximum Gasteiger partial charge on any atom is 0.573 e. The number of nitriles is 2. The van der Waals surface area contributed by atoms with Crippen molar-refractivity contribution in [2.75, 3.05) is 0 Å². The summed E-state index contributed by atoms with van der Waals surface area (Å²) in [5, 5.41) is 21.0. The molecule has 2 aromatic heterocycles. The summed E-state index contributed by atoms with van der Waals surface area (Å²) in [5.41, 5.74) is 0.990. The van der Waals surface area contributed by atoms with Crippen LogP contribution in [0, 0.1) is 28.6 Å². The minimum atomic E-state index is -5.17. The van der Waals surface area contributed by atoms with E-state index in [0.29, 0.717) is 21.8 Å². The molecule has 0 N–H and O–H groups in total. The second kappa shape index (κ2) is 11.2. The number of hydrogen-bond donors (Lipinski definition) is 0. The van der Waals surface area contributed by atoms with Gasteiger partial charge in [-0.3, -0.25) is 0 Å². The summed E-state index contributed by atoms with van der Waals surface area (Å²) in [4.78, 5) is 17.4. The van der Waals surface area contributed by atoms with Crippen molar-refractivity contribution in [1.82, 2.24) is 19.9 Å². The highest BCUT2D eigenvalue weighted by Crippen LogP contribution is 2.54. The largest absolute Gasteiger partial charge is 0.573 e. The van der Waals surface area contributed by atoms with Crippen molar-refractivity contribution in [3.8, 4) is 57.5 Å². The standard InChI is InChI=1S/C34H16F6N6O2/c35-33(36,37)47-28-11-22-20(9-24(28)31-43-15-17-5-1-3-7-26(17)45-31)21-10-25(32-44-16-18-6-2-4-8-27(18)46-32)29(48-34(38,39)40)12-23(21)30(22)19(13-41)14-42/h1-12,15-16,19,30H. The van der Waals surface area contributed by atoms with Crippen LogP contribution in [0.2, 0.25) is 0 Å². The number of hydrogen-bond acceptors (Lipinski definition) is 8. The quantitative estimate of drug-likeness (QED) is 0.170. The summed E-state index contributed by atoms with van der Waals surface area (Å²) in [6.45, 7) is 0. The molecule has 8 nitrogen and oxygen atoms in total. The van der Waals surface area contributed by atoms with Gasteiger partial charge in [0.25, 0.3) is 0 Å². The monoisotopic (exact) mass is 654 g/mol. The lowest BCUT2D eigenvalue weighted by atomic mass is 9.85. The van der Waals surface area contributed by atoms with Gasteiger partial charge in [-0.25, -0.2) is 19.9 Å². The molecule has 0 atom stereocenters. The predicted molar refractivity (Wildman–Crippen MR) is 159 cm³/mol. The molecule has 1 aliphatic carbocycles. The van der Waals surface area contributed by atoms with E-state index in [1.165, 1.54) is 24.5 Å². The molecule has 0 radical (unpaired) electrons. The van der Waals surface area contributed by atoms with E-state index in [1.807, 2.05) is 12.1 Å². The molecule has 0 unspecified atom stereocenters. The maximum atomic E-state index is 13.8. The third-order valence-corrected chi connectivity index (χ3v) is 7.79. The van der Waals surface area contributed by atoms with E-state index in [2.05, 4.69) is 29.4 Å². The minimum Gasteiger partial charge on any atom is -0.405 e. The highest BCUT2D eigenvalue weighted by molar-refractivity contribution is 5.90. The van der Waals surface area contributed by atoms with Crippen molar-refractivity contribution in [3.05, 3.63) is 96.3 Å². The normalized spacial score (nSPS) is 12.9. The molecule has 2 heterocycles. The van der Waals surface area contributed by atoms with E-state index >= 15 is 0 Å². The van der Waals surface area contributed by atoms with Crippen LogP contribution in [0.25, 0.3) is 55.7 Å². The van der Waals surface area contributed by atoms with Crippen molar-refractivity contribution in [2.45, 2.75) is 18.6 Å². The molecule has 0 saturated carbocycles. The summed E-state index contributed by atoms with van der Waals surface area (Å²) in [6, 6.07) is 21.8. The third-order valence-electron chi connectivity index (χ3n) is 7.79. The first-order chi connectivity index (χ1) is 22.9. The van der Waals surface area contributed by atoms with Crippen LogP contribution in [0.4, 0.5) is 26.3 Å². The first kappa shape index (κ1) is 30.4. The zero-order valence-electron chi connectivity index (χ0n) is 24.0. The number of ether oxygens (including phenoxy) is 2. The SMILES string of the molecule is N#CC(C#N)C1c2cc(OC(F)(F)F)c(-c3ncc4ccccc4n3)cc2-c2cc(-c3ncc4ccccc4n3)c(OC(F)(F)F)cc21. The second-order valence-corrected chi connectivity index (χ2v) is 10.7. The molecule has 4 aromatic carbocycles. The molecule has 0 spiro atoms. The minimum absolute atomic E-state index is 0.0384. The number of para-hydroxylation sites is 2. The van der Waals surface area contributed by atoms with Crippen molar-refractivity contribution < 1.29 is 35.8 Å². The van der Waals surface area contributed by atoms with Crippen LogP contribution in [0.5, 0.6) is 11.5 Å². The summed E-state index contributed by atoms with van der Waals surface area (Å²) >= 11 is 0. The number of nitrogens with zero attached hydrogens (tertiary/aromatic N) is 6. The van der Waals surface area contributed by atoms with Crippen LogP contribution in [0.15, 0.2) is 85.2 Å².